The zero-order chi connectivity index (χ0) is 19.6. The van der Waals surface area contributed by atoms with E-state index in [4.69, 9.17) is 5.11 Å². The average Bonchev–Trinajstić information content (AvgIpc) is 3.08. The fraction of sp³-hybridized carbons (Fsp3) is 0.450. The van der Waals surface area contributed by atoms with Crippen molar-refractivity contribution >= 4 is 17.6 Å². The molecule has 1 N–H and O–H groups in total. The number of piperazine rings is 1. The first-order valence-corrected chi connectivity index (χ1v) is 9.13. The molecule has 1 amide bonds. The number of benzene rings is 1. The number of anilines is 1. The highest BCUT2D eigenvalue weighted by Crippen LogP contribution is 2.32. The number of amides is 1. The SMILES string of the molecule is CC(C)(C)c1ccccc1N1CCN(C(=O)c2cn(CC(=O)O)cn2)CC1. The summed E-state index contributed by atoms with van der Waals surface area (Å²) in [6.07, 6.45) is 2.88. The van der Waals surface area contributed by atoms with Crippen LogP contribution in [0.15, 0.2) is 36.8 Å². The van der Waals surface area contributed by atoms with Crippen LogP contribution in [0.1, 0.15) is 36.8 Å². The molecule has 0 unspecified atom stereocenters. The van der Waals surface area contributed by atoms with Crippen LogP contribution in [-0.4, -0.2) is 57.6 Å². The lowest BCUT2D eigenvalue weighted by Gasteiger charge is -2.38. The number of nitrogens with zero attached hydrogens (tertiary/aromatic N) is 4. The molecule has 27 heavy (non-hydrogen) atoms. The van der Waals surface area contributed by atoms with Gasteiger partial charge in [-0.2, -0.15) is 0 Å². The molecule has 0 radical (unpaired) electrons. The molecule has 0 saturated carbocycles. The van der Waals surface area contributed by atoms with Gasteiger partial charge < -0.3 is 19.5 Å². The molecule has 1 aliphatic heterocycles. The van der Waals surface area contributed by atoms with Gasteiger partial charge in [0, 0.05) is 38.1 Å². The van der Waals surface area contributed by atoms with Crippen molar-refractivity contribution in [1.82, 2.24) is 14.5 Å². The molecule has 3 rings (SSSR count). The summed E-state index contributed by atoms with van der Waals surface area (Å²) in [5, 5.41) is 8.83. The first-order valence-electron chi connectivity index (χ1n) is 9.13. The van der Waals surface area contributed by atoms with Gasteiger partial charge in [-0.3, -0.25) is 9.59 Å². The smallest absolute Gasteiger partial charge is 0.323 e. The van der Waals surface area contributed by atoms with E-state index in [0.717, 1.165) is 13.1 Å². The van der Waals surface area contributed by atoms with E-state index in [0.29, 0.717) is 18.8 Å². The van der Waals surface area contributed by atoms with Gasteiger partial charge in [0.25, 0.3) is 5.91 Å². The van der Waals surface area contributed by atoms with Gasteiger partial charge in [0.2, 0.25) is 0 Å². The standard InChI is InChI=1S/C20H26N4O3/c1-20(2,3)15-6-4-5-7-17(15)23-8-10-24(11-9-23)19(27)16-12-22(14-21-16)13-18(25)26/h4-7,12,14H,8-11,13H2,1-3H3,(H,25,26). The first kappa shape index (κ1) is 18.9. The maximum absolute atomic E-state index is 12.7. The van der Waals surface area contributed by atoms with Crippen molar-refractivity contribution < 1.29 is 14.7 Å². The molecule has 1 aromatic heterocycles. The fourth-order valence-electron chi connectivity index (χ4n) is 3.41. The molecule has 2 heterocycles. The molecule has 144 valence electrons. The van der Waals surface area contributed by atoms with Crippen LogP contribution in [-0.2, 0) is 16.8 Å². The molecule has 0 spiro atoms. The van der Waals surface area contributed by atoms with Crippen LogP contribution in [0.3, 0.4) is 0 Å². The van der Waals surface area contributed by atoms with Gasteiger partial charge in [0.1, 0.15) is 12.2 Å². The number of hydrogen-bond donors (Lipinski definition) is 1. The fourth-order valence-corrected chi connectivity index (χ4v) is 3.41. The van der Waals surface area contributed by atoms with E-state index in [1.165, 1.54) is 28.3 Å². The number of aromatic nitrogens is 2. The third-order valence-corrected chi connectivity index (χ3v) is 4.79. The zero-order valence-electron chi connectivity index (χ0n) is 16.1. The maximum Gasteiger partial charge on any atom is 0.323 e. The van der Waals surface area contributed by atoms with Crippen molar-refractivity contribution in [1.29, 1.82) is 0 Å². The van der Waals surface area contributed by atoms with E-state index in [9.17, 15) is 9.59 Å². The van der Waals surface area contributed by atoms with Crippen LogP contribution in [0, 0.1) is 0 Å². The van der Waals surface area contributed by atoms with Gasteiger partial charge in [-0.15, -0.1) is 0 Å². The number of para-hydroxylation sites is 1. The number of carbonyl (C=O) groups excluding carboxylic acids is 1. The molecule has 0 aliphatic carbocycles. The number of rotatable bonds is 4. The van der Waals surface area contributed by atoms with Crippen LogP contribution in [0.25, 0.3) is 0 Å². The highest BCUT2D eigenvalue weighted by Gasteiger charge is 2.27. The summed E-state index contributed by atoms with van der Waals surface area (Å²) in [7, 11) is 0. The average molecular weight is 370 g/mol. The van der Waals surface area contributed by atoms with E-state index >= 15 is 0 Å². The summed E-state index contributed by atoms with van der Waals surface area (Å²) in [5.74, 6) is -1.11. The minimum absolute atomic E-state index is 0.0561. The highest BCUT2D eigenvalue weighted by molar-refractivity contribution is 5.92. The molecule has 7 nitrogen and oxygen atoms in total. The summed E-state index contributed by atoms with van der Waals surface area (Å²) in [5.41, 5.74) is 2.88. The summed E-state index contributed by atoms with van der Waals surface area (Å²) in [6, 6.07) is 8.43. The number of carbonyl (C=O) groups is 2. The van der Waals surface area contributed by atoms with E-state index in [1.54, 1.807) is 4.90 Å². The van der Waals surface area contributed by atoms with Crippen molar-refractivity contribution in [3.63, 3.8) is 0 Å². The van der Waals surface area contributed by atoms with E-state index in [2.05, 4.69) is 54.9 Å². The van der Waals surface area contributed by atoms with Gasteiger partial charge >= 0.3 is 5.97 Å². The first-order chi connectivity index (χ1) is 12.8. The molecule has 1 aromatic carbocycles. The van der Waals surface area contributed by atoms with Gasteiger partial charge in [0.15, 0.2) is 0 Å². The zero-order valence-corrected chi connectivity index (χ0v) is 16.1. The molecule has 0 atom stereocenters. The van der Waals surface area contributed by atoms with E-state index in [1.807, 2.05) is 0 Å². The normalized spacial score (nSPS) is 15.1. The number of imidazole rings is 1. The van der Waals surface area contributed by atoms with Crippen LogP contribution < -0.4 is 4.90 Å². The van der Waals surface area contributed by atoms with Crippen molar-refractivity contribution in [2.45, 2.75) is 32.7 Å². The van der Waals surface area contributed by atoms with Crippen molar-refractivity contribution in [3.05, 3.63) is 48.0 Å². The van der Waals surface area contributed by atoms with Crippen LogP contribution in [0.5, 0.6) is 0 Å². The Balaban J connectivity index is 1.66. The molecule has 1 aliphatic rings. The second-order valence-electron chi connectivity index (χ2n) is 7.87. The third kappa shape index (κ3) is 4.30. The van der Waals surface area contributed by atoms with Crippen molar-refractivity contribution in [2.24, 2.45) is 0 Å². The molecular weight excluding hydrogens is 344 g/mol. The highest BCUT2D eigenvalue weighted by atomic mass is 16.4. The largest absolute Gasteiger partial charge is 0.480 e. The lowest BCUT2D eigenvalue weighted by atomic mass is 9.85. The number of aliphatic carboxylic acids is 1. The Labute approximate surface area is 159 Å². The third-order valence-electron chi connectivity index (χ3n) is 4.79. The van der Waals surface area contributed by atoms with Crippen molar-refractivity contribution in [2.75, 3.05) is 31.1 Å². The summed E-state index contributed by atoms with van der Waals surface area (Å²) < 4.78 is 1.41. The minimum atomic E-state index is -0.961. The summed E-state index contributed by atoms with van der Waals surface area (Å²) in [4.78, 5) is 31.6. The van der Waals surface area contributed by atoms with Gasteiger partial charge in [-0.25, -0.2) is 4.98 Å². The monoisotopic (exact) mass is 370 g/mol. The number of carboxylic acids is 1. The minimum Gasteiger partial charge on any atom is -0.480 e. The maximum atomic E-state index is 12.7. The Morgan fingerprint density at radius 3 is 2.41 bits per heavy atom. The second-order valence-corrected chi connectivity index (χ2v) is 7.87. The van der Waals surface area contributed by atoms with Crippen LogP contribution >= 0.6 is 0 Å². The Hall–Kier alpha value is -2.83. The van der Waals surface area contributed by atoms with Gasteiger partial charge in [-0.05, 0) is 17.0 Å². The molecule has 0 bridgehead atoms. The number of carboxylic acid groups (broad SMARTS) is 1. The lowest BCUT2D eigenvalue weighted by Crippen LogP contribution is -2.49. The Morgan fingerprint density at radius 1 is 1.11 bits per heavy atom. The summed E-state index contributed by atoms with van der Waals surface area (Å²) >= 11 is 0. The summed E-state index contributed by atoms with van der Waals surface area (Å²) in [6.45, 7) is 9.17. The van der Waals surface area contributed by atoms with Crippen molar-refractivity contribution in [3.8, 4) is 0 Å². The van der Waals surface area contributed by atoms with E-state index in [-0.39, 0.29) is 17.9 Å². The van der Waals surface area contributed by atoms with Gasteiger partial charge in [0.05, 0.1) is 6.33 Å². The Kier molecular flexibility index (Phi) is 5.21. The molecular formula is C20H26N4O3. The van der Waals surface area contributed by atoms with Gasteiger partial charge in [-0.1, -0.05) is 39.0 Å². The van der Waals surface area contributed by atoms with E-state index < -0.39 is 5.97 Å². The molecule has 1 fully saturated rings. The predicted octanol–water partition coefficient (Wildman–Crippen LogP) is 2.23. The predicted molar refractivity (Wildman–Crippen MR) is 103 cm³/mol. The second kappa shape index (κ2) is 7.42. The quantitative estimate of drug-likeness (QED) is 0.893. The van der Waals surface area contributed by atoms with Crippen LogP contribution in [0.2, 0.25) is 0 Å². The molecule has 7 heteroatoms. The topological polar surface area (TPSA) is 78.7 Å². The van der Waals surface area contributed by atoms with Crippen LogP contribution in [0.4, 0.5) is 5.69 Å². The number of hydrogen-bond acceptors (Lipinski definition) is 4. The molecule has 2 aromatic rings. The Bertz CT molecular complexity index is 830. The lowest BCUT2D eigenvalue weighted by molar-refractivity contribution is -0.137. The Morgan fingerprint density at radius 2 is 1.78 bits per heavy atom. The molecule has 1 saturated heterocycles.